The molecule has 9 rings (SSSR count). The molecular formula is C74H90. The van der Waals surface area contributed by atoms with Crippen LogP contribution in [0.2, 0.25) is 0 Å². The maximum atomic E-state index is 2.53. The van der Waals surface area contributed by atoms with Gasteiger partial charge < -0.3 is 0 Å². The van der Waals surface area contributed by atoms with Crippen LogP contribution in [0.1, 0.15) is 204 Å². The molecule has 0 fully saturated rings. The molecule has 0 aromatic heterocycles. The maximum Gasteiger partial charge on any atom is -0.00921 e. The number of unbranched alkanes of at least 4 members (excludes halogenated alkanes) is 20. The molecule has 0 radical (unpaired) electrons. The first-order chi connectivity index (χ1) is 36.6. The summed E-state index contributed by atoms with van der Waals surface area (Å²) in [6.07, 6.45) is 36.8. The summed E-state index contributed by atoms with van der Waals surface area (Å²) in [5.41, 5.74) is 16.5. The van der Waals surface area contributed by atoms with Crippen LogP contribution < -0.4 is 0 Å². The van der Waals surface area contributed by atoms with Crippen LogP contribution in [0.3, 0.4) is 0 Å². The second kappa shape index (κ2) is 27.4. The summed E-state index contributed by atoms with van der Waals surface area (Å²) in [6, 6.07) is 53.7. The van der Waals surface area contributed by atoms with Crippen LogP contribution in [0, 0.1) is 0 Å². The molecule has 0 heteroatoms. The molecule has 0 aliphatic rings. The quantitative estimate of drug-likeness (QED) is 0.0369. The third-order valence-corrected chi connectivity index (χ3v) is 17.0. The molecular weight excluding hydrogens is 889 g/mol. The minimum atomic E-state index is 1.17. The number of rotatable bonds is 32. The Morgan fingerprint density at radius 1 is 0.189 bits per heavy atom. The van der Waals surface area contributed by atoms with Crippen molar-refractivity contribution in [1.82, 2.24) is 0 Å². The Morgan fingerprint density at radius 3 is 0.568 bits per heavy atom. The van der Waals surface area contributed by atoms with Crippen molar-refractivity contribution in [2.75, 3.05) is 0 Å². The summed E-state index contributed by atoms with van der Waals surface area (Å²) in [4.78, 5) is 0. The Bertz CT molecular complexity index is 2640. The van der Waals surface area contributed by atoms with Gasteiger partial charge in [-0.05, 0) is 198 Å². The summed E-state index contributed by atoms with van der Waals surface area (Å²) in [5.74, 6) is 0. The molecule has 0 amide bonds. The zero-order chi connectivity index (χ0) is 50.9. The summed E-state index contributed by atoms with van der Waals surface area (Å²) >= 11 is 0. The van der Waals surface area contributed by atoms with Gasteiger partial charge in [0.25, 0.3) is 0 Å². The molecule has 0 spiro atoms. The average molecular weight is 980 g/mol. The van der Waals surface area contributed by atoms with Crippen molar-refractivity contribution in [3.8, 4) is 44.5 Å². The molecule has 9 aromatic carbocycles. The molecule has 74 heavy (non-hydrogen) atoms. The minimum absolute atomic E-state index is 1.17. The van der Waals surface area contributed by atoms with Gasteiger partial charge in [0, 0.05) is 0 Å². The van der Waals surface area contributed by atoms with Gasteiger partial charge in [-0.15, -0.1) is 0 Å². The molecule has 386 valence electrons. The highest BCUT2D eigenvalue weighted by Crippen LogP contribution is 2.49. The number of hydrogen-bond acceptors (Lipinski definition) is 0. The third-order valence-electron chi connectivity index (χ3n) is 17.0. The lowest BCUT2D eigenvalue weighted by Crippen LogP contribution is -1.95. The van der Waals surface area contributed by atoms with Crippen LogP contribution >= 0.6 is 0 Å². The number of benzene rings is 7. The second-order valence-electron chi connectivity index (χ2n) is 22.7. The van der Waals surface area contributed by atoms with E-state index in [2.05, 4.69) is 161 Å². The highest BCUT2D eigenvalue weighted by molar-refractivity contribution is 6.36. The fourth-order valence-corrected chi connectivity index (χ4v) is 12.3. The van der Waals surface area contributed by atoms with E-state index >= 15 is 0 Å². The SMILES string of the molecule is CCCCCCCCc1ccc(-c2cc3c(cc2-c2ccc(CCCCCCCC)cc2)c2cc4c5cc(-c6ccc(CCCCCCCC)cc6)c(-c6ccc(CCCCCCCC)cc6)cc5c4cc32)cc1. The molecule has 0 heterocycles. The molecule has 0 unspecified atom stereocenters. The van der Waals surface area contributed by atoms with Crippen molar-refractivity contribution in [1.29, 1.82) is 0 Å². The maximum absolute atomic E-state index is 2.53. The van der Waals surface area contributed by atoms with Crippen LogP contribution in [0.5, 0.6) is 0 Å². The standard InChI is InChI=1S/C74H90/c1-5-9-13-17-21-25-29-55-33-41-59(42-34-55)63-49-67-68(50-64(63)60-43-35-56(36-44-60)30-26-22-18-14-10-6-2)72-54-74-70-52-66(62-47-39-58(40-48-62)32-28-24-20-16-12-8-4)65(51-69(70)73(74)53-71(67)72)61-45-37-57(38-46-61)31-27-23-19-15-11-7-3/h33-54H,5-32H2,1-4H3. The Morgan fingerprint density at radius 2 is 0.365 bits per heavy atom. The van der Waals surface area contributed by atoms with Crippen LogP contribution in [-0.2, 0) is 25.7 Å². The molecule has 0 atom stereocenters. The molecule has 0 N–H and O–H groups in total. The lowest BCUT2D eigenvalue weighted by Gasteiger charge is -2.22. The highest BCUT2D eigenvalue weighted by Gasteiger charge is 2.22. The topological polar surface area (TPSA) is 0 Å². The summed E-state index contributed by atoms with van der Waals surface area (Å²) in [6.45, 7) is 9.22. The molecule has 0 saturated heterocycles. The summed E-state index contributed by atoms with van der Waals surface area (Å²) in [5, 5.41) is 11.2. The molecule has 0 saturated carbocycles. The smallest absolute Gasteiger partial charge is 0.00921 e. The first-order valence-electron chi connectivity index (χ1n) is 30.5. The first kappa shape index (κ1) is 53.4. The van der Waals surface area contributed by atoms with Gasteiger partial charge in [-0.3, -0.25) is 0 Å². The zero-order valence-electron chi connectivity index (χ0n) is 46.5. The van der Waals surface area contributed by atoms with E-state index in [1.165, 1.54) is 290 Å². The van der Waals surface area contributed by atoms with Gasteiger partial charge in [0.15, 0.2) is 0 Å². The minimum Gasteiger partial charge on any atom is -0.0654 e. The van der Waals surface area contributed by atoms with E-state index in [0.29, 0.717) is 0 Å². The normalized spacial score (nSPS) is 11.9. The molecule has 0 nitrogen and oxygen atoms in total. The van der Waals surface area contributed by atoms with Gasteiger partial charge in [-0.1, -0.05) is 253 Å². The Balaban J connectivity index is 1.05. The first-order valence-corrected chi connectivity index (χ1v) is 30.5. The molecule has 0 aliphatic carbocycles. The van der Waals surface area contributed by atoms with Crippen molar-refractivity contribution >= 4 is 43.1 Å². The number of aryl methyl sites for hydroxylation is 4. The third kappa shape index (κ3) is 13.3. The van der Waals surface area contributed by atoms with Gasteiger partial charge >= 0.3 is 0 Å². The van der Waals surface area contributed by atoms with Crippen LogP contribution in [0.25, 0.3) is 87.6 Å². The lowest BCUT2D eigenvalue weighted by molar-refractivity contribution is 0.607. The molecule has 9 aromatic rings. The monoisotopic (exact) mass is 979 g/mol. The fraction of sp³-hybridized carbons (Fsp3) is 0.432. The molecule has 0 aliphatic heterocycles. The predicted octanol–water partition coefficient (Wildman–Crippen LogP) is 23.5. The average Bonchev–Trinajstić information content (AvgIpc) is 3.43. The molecule has 0 bridgehead atoms. The summed E-state index contributed by atoms with van der Waals surface area (Å²) < 4.78 is 0. The van der Waals surface area contributed by atoms with Crippen molar-refractivity contribution in [2.24, 2.45) is 0 Å². The Labute approximate surface area is 448 Å². The van der Waals surface area contributed by atoms with Crippen molar-refractivity contribution in [3.63, 3.8) is 0 Å². The van der Waals surface area contributed by atoms with Gasteiger partial charge in [0.1, 0.15) is 0 Å². The predicted molar refractivity (Wildman–Crippen MR) is 329 cm³/mol. The zero-order valence-corrected chi connectivity index (χ0v) is 46.5. The van der Waals surface area contributed by atoms with Crippen LogP contribution in [-0.4, -0.2) is 0 Å². The van der Waals surface area contributed by atoms with E-state index in [9.17, 15) is 0 Å². The highest BCUT2D eigenvalue weighted by atomic mass is 14.3. The fourth-order valence-electron chi connectivity index (χ4n) is 12.3. The second-order valence-corrected chi connectivity index (χ2v) is 22.7. The van der Waals surface area contributed by atoms with E-state index < -0.39 is 0 Å². The van der Waals surface area contributed by atoms with Crippen LogP contribution in [0.4, 0.5) is 0 Å². The largest absolute Gasteiger partial charge is 0.0654 e. The van der Waals surface area contributed by atoms with E-state index in [-0.39, 0.29) is 0 Å². The summed E-state index contributed by atoms with van der Waals surface area (Å²) in [7, 11) is 0. The van der Waals surface area contributed by atoms with Gasteiger partial charge in [0.05, 0.1) is 0 Å². The van der Waals surface area contributed by atoms with Crippen LogP contribution in [0.15, 0.2) is 133 Å². The van der Waals surface area contributed by atoms with E-state index in [1.54, 1.807) is 0 Å². The van der Waals surface area contributed by atoms with Gasteiger partial charge in [0.2, 0.25) is 0 Å². The van der Waals surface area contributed by atoms with E-state index in [4.69, 9.17) is 0 Å². The van der Waals surface area contributed by atoms with E-state index in [0.717, 1.165) is 0 Å². The van der Waals surface area contributed by atoms with Crippen molar-refractivity contribution in [2.45, 2.75) is 207 Å². The van der Waals surface area contributed by atoms with Crippen molar-refractivity contribution in [3.05, 3.63) is 156 Å². The Hall–Kier alpha value is -5.46. The number of hydrogen-bond donors (Lipinski definition) is 0. The van der Waals surface area contributed by atoms with Crippen molar-refractivity contribution < 1.29 is 0 Å². The number of fused-ring (bicyclic) bond motifs is 8. The van der Waals surface area contributed by atoms with Gasteiger partial charge in [-0.2, -0.15) is 0 Å². The lowest BCUT2D eigenvalue weighted by atomic mass is 9.81. The van der Waals surface area contributed by atoms with Gasteiger partial charge in [-0.25, -0.2) is 0 Å². The Kier molecular flexibility index (Phi) is 19.7. The van der Waals surface area contributed by atoms with E-state index in [1.807, 2.05) is 0 Å².